The molecule has 2 amide bonds. The van der Waals surface area contributed by atoms with Crippen LogP contribution in [0.2, 0.25) is 0 Å². The molecular formula is C17H26Cl2N4O2. The van der Waals surface area contributed by atoms with Crippen LogP contribution < -0.4 is 10.6 Å². The normalized spacial score (nSPS) is 22.5. The molecule has 6 nitrogen and oxygen atoms in total. The Hall–Kier alpha value is -1.37. The van der Waals surface area contributed by atoms with Gasteiger partial charge in [0.15, 0.2) is 0 Å². The molecule has 3 rings (SSSR count). The van der Waals surface area contributed by atoms with Crippen LogP contribution in [0.4, 0.5) is 0 Å². The largest absolute Gasteiger partial charge is 0.354 e. The zero-order valence-electron chi connectivity index (χ0n) is 14.1. The lowest BCUT2D eigenvalue weighted by Crippen LogP contribution is -2.46. The molecule has 0 saturated carbocycles. The number of aromatic nitrogens is 1. The van der Waals surface area contributed by atoms with Crippen LogP contribution >= 0.6 is 24.8 Å². The van der Waals surface area contributed by atoms with Crippen LogP contribution in [-0.4, -0.2) is 53.9 Å². The first-order valence-corrected chi connectivity index (χ1v) is 8.44. The summed E-state index contributed by atoms with van der Waals surface area (Å²) < 4.78 is 0. The smallest absolute Gasteiger partial charge is 0.255 e. The van der Waals surface area contributed by atoms with Crippen molar-refractivity contribution in [3.05, 3.63) is 30.1 Å². The number of nitrogens with zero attached hydrogens (tertiary/aromatic N) is 2. The first kappa shape index (κ1) is 21.7. The van der Waals surface area contributed by atoms with Crippen molar-refractivity contribution in [2.24, 2.45) is 5.92 Å². The predicted octanol–water partition coefficient (Wildman–Crippen LogP) is 1.65. The average Bonchev–Trinajstić information content (AvgIpc) is 3.15. The predicted molar refractivity (Wildman–Crippen MR) is 101 cm³/mol. The molecule has 2 aliphatic heterocycles. The molecule has 0 bridgehead atoms. The van der Waals surface area contributed by atoms with Gasteiger partial charge in [0.25, 0.3) is 5.91 Å². The first-order valence-electron chi connectivity index (χ1n) is 8.44. The second-order valence-electron chi connectivity index (χ2n) is 6.40. The lowest BCUT2D eigenvalue weighted by atomic mass is 9.97. The van der Waals surface area contributed by atoms with E-state index in [0.29, 0.717) is 24.6 Å². The molecule has 2 saturated heterocycles. The van der Waals surface area contributed by atoms with Gasteiger partial charge in [0.1, 0.15) is 0 Å². The van der Waals surface area contributed by atoms with E-state index in [2.05, 4.69) is 15.6 Å². The molecule has 0 aromatic carbocycles. The van der Waals surface area contributed by atoms with Crippen LogP contribution in [0.1, 0.15) is 36.0 Å². The van der Waals surface area contributed by atoms with E-state index >= 15 is 0 Å². The van der Waals surface area contributed by atoms with E-state index < -0.39 is 0 Å². The van der Waals surface area contributed by atoms with Crippen LogP contribution in [0.15, 0.2) is 24.5 Å². The average molecular weight is 389 g/mol. The van der Waals surface area contributed by atoms with Crippen molar-refractivity contribution in [1.82, 2.24) is 20.5 Å². The van der Waals surface area contributed by atoms with Crippen LogP contribution in [-0.2, 0) is 4.79 Å². The molecule has 2 N–H and O–H groups in total. The molecule has 0 aliphatic carbocycles. The zero-order valence-corrected chi connectivity index (χ0v) is 15.8. The third-order valence-electron chi connectivity index (χ3n) is 4.66. The molecular weight excluding hydrogens is 363 g/mol. The van der Waals surface area contributed by atoms with Gasteiger partial charge in [-0.25, -0.2) is 0 Å². The summed E-state index contributed by atoms with van der Waals surface area (Å²) in [5.41, 5.74) is 0.632. The zero-order chi connectivity index (χ0) is 16.1. The Morgan fingerprint density at radius 1 is 1.28 bits per heavy atom. The van der Waals surface area contributed by atoms with E-state index in [0.717, 1.165) is 38.8 Å². The van der Waals surface area contributed by atoms with Gasteiger partial charge in [-0.05, 0) is 50.3 Å². The Morgan fingerprint density at radius 2 is 2.12 bits per heavy atom. The third kappa shape index (κ3) is 5.83. The number of hydrogen-bond donors (Lipinski definition) is 2. The van der Waals surface area contributed by atoms with Gasteiger partial charge in [-0.1, -0.05) is 0 Å². The second-order valence-corrected chi connectivity index (χ2v) is 6.40. The highest BCUT2D eigenvalue weighted by Gasteiger charge is 2.26. The van der Waals surface area contributed by atoms with Gasteiger partial charge >= 0.3 is 0 Å². The number of halogens is 2. The number of amides is 2. The Kier molecular flexibility index (Phi) is 9.17. The third-order valence-corrected chi connectivity index (χ3v) is 4.66. The quantitative estimate of drug-likeness (QED) is 0.821. The highest BCUT2D eigenvalue weighted by molar-refractivity contribution is 5.93. The van der Waals surface area contributed by atoms with Crippen LogP contribution in [0.25, 0.3) is 0 Å². The van der Waals surface area contributed by atoms with Gasteiger partial charge < -0.3 is 15.5 Å². The summed E-state index contributed by atoms with van der Waals surface area (Å²) in [6.07, 6.45) is 7.29. The van der Waals surface area contributed by atoms with Gasteiger partial charge in [-0.2, -0.15) is 0 Å². The van der Waals surface area contributed by atoms with Crippen molar-refractivity contribution in [2.75, 3.05) is 26.2 Å². The van der Waals surface area contributed by atoms with E-state index in [1.165, 1.54) is 0 Å². The maximum atomic E-state index is 12.5. The molecule has 8 heteroatoms. The van der Waals surface area contributed by atoms with E-state index in [-0.39, 0.29) is 42.7 Å². The molecule has 0 radical (unpaired) electrons. The minimum atomic E-state index is -0.0354. The molecule has 2 fully saturated rings. The summed E-state index contributed by atoms with van der Waals surface area (Å²) in [6, 6.07) is 3.54. The van der Waals surface area contributed by atoms with Crippen LogP contribution in [0.5, 0.6) is 0 Å². The number of carbonyl (C=O) groups is 2. The standard InChI is InChI=1S/C17H24N4O2.2ClH/c22-16(15-6-2-8-19-15)20-10-13-4-3-9-21(12-13)17(23)14-5-1-7-18-11-14;;/h1,5,7,11,13,15,19H,2-4,6,8-10,12H2,(H,20,22);2*1H. The van der Waals surface area contributed by atoms with E-state index in [1.807, 2.05) is 4.90 Å². The van der Waals surface area contributed by atoms with Crippen molar-refractivity contribution < 1.29 is 9.59 Å². The van der Waals surface area contributed by atoms with Crippen molar-refractivity contribution >= 4 is 36.6 Å². The minimum absolute atomic E-state index is 0. The van der Waals surface area contributed by atoms with Crippen molar-refractivity contribution in [2.45, 2.75) is 31.7 Å². The van der Waals surface area contributed by atoms with Crippen molar-refractivity contribution in [3.8, 4) is 0 Å². The molecule has 2 unspecified atom stereocenters. The first-order chi connectivity index (χ1) is 11.2. The Bertz CT molecular complexity index is 553. The van der Waals surface area contributed by atoms with E-state index in [1.54, 1.807) is 24.5 Å². The fourth-order valence-electron chi connectivity index (χ4n) is 3.36. The maximum Gasteiger partial charge on any atom is 0.255 e. The van der Waals surface area contributed by atoms with Crippen LogP contribution in [0, 0.1) is 5.92 Å². The van der Waals surface area contributed by atoms with Gasteiger partial charge in [0.05, 0.1) is 11.6 Å². The Labute approximate surface area is 161 Å². The molecule has 3 heterocycles. The minimum Gasteiger partial charge on any atom is -0.354 e. The topological polar surface area (TPSA) is 74.3 Å². The summed E-state index contributed by atoms with van der Waals surface area (Å²) in [6.45, 7) is 3.05. The van der Waals surface area contributed by atoms with Gasteiger partial charge in [-0.3, -0.25) is 14.6 Å². The van der Waals surface area contributed by atoms with Gasteiger partial charge in [0.2, 0.25) is 5.91 Å². The van der Waals surface area contributed by atoms with Crippen molar-refractivity contribution in [3.63, 3.8) is 0 Å². The lowest BCUT2D eigenvalue weighted by Gasteiger charge is -2.33. The highest BCUT2D eigenvalue weighted by Crippen LogP contribution is 2.18. The maximum absolute atomic E-state index is 12.5. The molecule has 0 spiro atoms. The monoisotopic (exact) mass is 388 g/mol. The van der Waals surface area contributed by atoms with Crippen molar-refractivity contribution in [1.29, 1.82) is 0 Å². The van der Waals surface area contributed by atoms with E-state index in [9.17, 15) is 9.59 Å². The Morgan fingerprint density at radius 3 is 2.80 bits per heavy atom. The van der Waals surface area contributed by atoms with Gasteiger partial charge in [-0.15, -0.1) is 24.8 Å². The second kappa shape index (κ2) is 10.6. The number of nitrogens with one attached hydrogen (secondary N) is 2. The number of rotatable bonds is 4. The molecule has 1 aromatic heterocycles. The molecule has 25 heavy (non-hydrogen) atoms. The summed E-state index contributed by atoms with van der Waals surface area (Å²) >= 11 is 0. The molecule has 2 aliphatic rings. The molecule has 2 atom stereocenters. The fraction of sp³-hybridized carbons (Fsp3) is 0.588. The highest BCUT2D eigenvalue weighted by atomic mass is 35.5. The molecule has 1 aromatic rings. The number of hydrogen-bond acceptors (Lipinski definition) is 4. The summed E-state index contributed by atoms with van der Waals surface area (Å²) in [5, 5.41) is 6.25. The lowest BCUT2D eigenvalue weighted by molar-refractivity contribution is -0.123. The molecule has 140 valence electrons. The number of pyridine rings is 1. The Balaban J connectivity index is 0.00000156. The summed E-state index contributed by atoms with van der Waals surface area (Å²) in [4.78, 5) is 30.4. The van der Waals surface area contributed by atoms with Gasteiger partial charge in [0, 0.05) is 32.0 Å². The number of likely N-dealkylation sites (tertiary alicyclic amines) is 1. The number of piperidine rings is 1. The number of carbonyl (C=O) groups excluding carboxylic acids is 2. The van der Waals surface area contributed by atoms with Crippen LogP contribution in [0.3, 0.4) is 0 Å². The van der Waals surface area contributed by atoms with E-state index in [4.69, 9.17) is 0 Å². The summed E-state index contributed by atoms with van der Waals surface area (Å²) in [5.74, 6) is 0.458. The summed E-state index contributed by atoms with van der Waals surface area (Å²) in [7, 11) is 0. The SMILES string of the molecule is Cl.Cl.O=C(NCC1CCCN(C(=O)c2cccnc2)C1)C1CCCN1. The fourth-order valence-corrected chi connectivity index (χ4v) is 3.36.